The zero-order valence-electron chi connectivity index (χ0n) is 15.9. The molecule has 0 amide bonds. The Hall–Kier alpha value is -1.96. The maximum Gasteiger partial charge on any atom is 0.418 e. The monoisotopic (exact) mass is 375 g/mol. The number of halogens is 3. The Bertz CT molecular complexity index is 590. The van der Waals surface area contributed by atoms with Crippen molar-refractivity contribution in [1.82, 2.24) is 5.32 Å². The molecule has 8 heteroatoms. The number of hydrogen-bond donors (Lipinski definition) is 2. The summed E-state index contributed by atoms with van der Waals surface area (Å²) in [5.41, 5.74) is 4.84. The minimum atomic E-state index is -4.39. The van der Waals surface area contributed by atoms with Gasteiger partial charge in [0, 0.05) is 36.5 Å². The van der Waals surface area contributed by atoms with Gasteiger partial charge >= 0.3 is 6.18 Å². The number of hydrogen-bond acceptors (Lipinski definition) is 5. The standard InChI is InChI=1S/C13H18F3N3.C5H10O2/c1-8-6-19(7-9(2)18-8)12-4-3-10(17)5-11(12)13(14,15)16;1-5(2,3)7-4-6/h3-5,8-9,18H,6-7,17H2,1-2H3;4H,1-3H3/t8-,9+;. The molecule has 2 atom stereocenters. The van der Waals surface area contributed by atoms with Crippen LogP contribution in [0.15, 0.2) is 18.2 Å². The Morgan fingerprint density at radius 1 is 1.19 bits per heavy atom. The van der Waals surface area contributed by atoms with Gasteiger partial charge in [-0.05, 0) is 52.8 Å². The van der Waals surface area contributed by atoms with Crippen molar-refractivity contribution in [1.29, 1.82) is 0 Å². The van der Waals surface area contributed by atoms with Gasteiger partial charge < -0.3 is 20.7 Å². The van der Waals surface area contributed by atoms with Crippen molar-refractivity contribution in [3.63, 3.8) is 0 Å². The van der Waals surface area contributed by atoms with Crippen molar-refractivity contribution in [2.24, 2.45) is 0 Å². The molecule has 5 nitrogen and oxygen atoms in total. The van der Waals surface area contributed by atoms with Gasteiger partial charge in [0.1, 0.15) is 5.60 Å². The fourth-order valence-electron chi connectivity index (χ4n) is 2.72. The number of piperazine rings is 1. The second-order valence-electron chi connectivity index (χ2n) is 7.47. The van der Waals surface area contributed by atoms with Crippen molar-refractivity contribution < 1.29 is 22.7 Å². The summed E-state index contributed by atoms with van der Waals surface area (Å²) in [4.78, 5) is 11.4. The average Bonchev–Trinajstić information content (AvgIpc) is 2.44. The summed E-state index contributed by atoms with van der Waals surface area (Å²) < 4.78 is 43.8. The Balaban J connectivity index is 0.000000412. The molecule has 1 aliphatic rings. The third kappa shape index (κ3) is 7.11. The minimum absolute atomic E-state index is 0.132. The molecule has 0 aromatic heterocycles. The molecule has 1 aliphatic heterocycles. The van der Waals surface area contributed by atoms with Crippen LogP contribution in [-0.4, -0.2) is 37.2 Å². The first-order valence-corrected chi connectivity index (χ1v) is 8.42. The highest BCUT2D eigenvalue weighted by molar-refractivity contribution is 5.61. The largest absolute Gasteiger partial charge is 0.462 e. The van der Waals surface area contributed by atoms with Gasteiger partial charge in [-0.1, -0.05) is 0 Å². The molecule has 3 N–H and O–H groups in total. The topological polar surface area (TPSA) is 67.6 Å². The van der Waals surface area contributed by atoms with Gasteiger partial charge in [0.25, 0.3) is 6.47 Å². The summed E-state index contributed by atoms with van der Waals surface area (Å²) in [5, 5.41) is 3.30. The van der Waals surface area contributed by atoms with E-state index >= 15 is 0 Å². The molecule has 1 aromatic carbocycles. The van der Waals surface area contributed by atoms with Crippen molar-refractivity contribution in [2.75, 3.05) is 23.7 Å². The van der Waals surface area contributed by atoms with Crippen LogP contribution < -0.4 is 16.0 Å². The van der Waals surface area contributed by atoms with Crippen LogP contribution in [0.1, 0.15) is 40.2 Å². The first-order chi connectivity index (χ1) is 11.8. The Kier molecular flexibility index (Phi) is 7.32. The van der Waals surface area contributed by atoms with Gasteiger partial charge in [-0.15, -0.1) is 0 Å². The Labute approximate surface area is 152 Å². The number of anilines is 2. The quantitative estimate of drug-likeness (QED) is 0.612. The number of nitrogen functional groups attached to an aromatic ring is 1. The lowest BCUT2D eigenvalue weighted by molar-refractivity contribution is -0.139. The summed E-state index contributed by atoms with van der Waals surface area (Å²) in [5.74, 6) is 0. The fourth-order valence-corrected chi connectivity index (χ4v) is 2.72. The van der Waals surface area contributed by atoms with Crippen LogP contribution in [-0.2, 0) is 15.7 Å². The number of carbonyl (C=O) groups is 1. The van der Waals surface area contributed by atoms with E-state index in [-0.39, 0.29) is 29.1 Å². The van der Waals surface area contributed by atoms with Gasteiger partial charge in [-0.3, -0.25) is 4.79 Å². The number of benzene rings is 1. The van der Waals surface area contributed by atoms with Gasteiger partial charge in [-0.2, -0.15) is 13.2 Å². The smallest absolute Gasteiger partial charge is 0.418 e. The van der Waals surface area contributed by atoms with E-state index in [4.69, 9.17) is 5.73 Å². The van der Waals surface area contributed by atoms with Crippen molar-refractivity contribution >= 4 is 17.8 Å². The maximum absolute atomic E-state index is 13.1. The van der Waals surface area contributed by atoms with E-state index in [0.29, 0.717) is 19.6 Å². The molecule has 0 bridgehead atoms. The van der Waals surface area contributed by atoms with Crippen LogP contribution in [0.5, 0.6) is 0 Å². The lowest BCUT2D eigenvalue weighted by Gasteiger charge is -2.38. The average molecular weight is 375 g/mol. The lowest BCUT2D eigenvalue weighted by Crippen LogP contribution is -2.54. The Morgan fingerprint density at radius 3 is 2.12 bits per heavy atom. The lowest BCUT2D eigenvalue weighted by atomic mass is 10.1. The van der Waals surface area contributed by atoms with Crippen molar-refractivity contribution in [3.8, 4) is 0 Å². The summed E-state index contributed by atoms with van der Waals surface area (Å²) in [6.07, 6.45) is -4.39. The van der Waals surface area contributed by atoms with Crippen LogP contribution in [0, 0.1) is 0 Å². The predicted molar refractivity (Wildman–Crippen MR) is 97.0 cm³/mol. The normalized spacial score (nSPS) is 20.8. The van der Waals surface area contributed by atoms with E-state index in [1.165, 1.54) is 12.1 Å². The van der Waals surface area contributed by atoms with E-state index in [1.54, 1.807) is 4.90 Å². The predicted octanol–water partition coefficient (Wildman–Crippen LogP) is 3.43. The molecule has 0 aliphatic carbocycles. The first kappa shape index (κ1) is 22.1. The third-order valence-electron chi connectivity index (χ3n) is 3.63. The van der Waals surface area contributed by atoms with Crippen LogP contribution in [0.25, 0.3) is 0 Å². The summed E-state index contributed by atoms with van der Waals surface area (Å²) in [6.45, 7) is 11.0. The number of nitrogens with zero attached hydrogens (tertiary/aromatic N) is 1. The van der Waals surface area contributed by atoms with Gasteiger partial charge in [-0.25, -0.2) is 0 Å². The Morgan fingerprint density at radius 2 is 1.73 bits per heavy atom. The molecule has 0 radical (unpaired) electrons. The molecular formula is C18H28F3N3O2. The van der Waals surface area contributed by atoms with E-state index in [0.717, 1.165) is 6.07 Å². The van der Waals surface area contributed by atoms with Crippen molar-refractivity contribution in [2.45, 2.75) is 58.5 Å². The molecule has 2 rings (SSSR count). The number of carbonyl (C=O) groups excluding carboxylic acids is 1. The zero-order chi connectivity index (χ0) is 20.1. The molecule has 1 aromatic rings. The zero-order valence-corrected chi connectivity index (χ0v) is 15.9. The number of rotatable bonds is 2. The highest BCUT2D eigenvalue weighted by atomic mass is 19.4. The summed E-state index contributed by atoms with van der Waals surface area (Å²) in [6, 6.07) is 4.29. The van der Waals surface area contributed by atoms with Gasteiger partial charge in [0.05, 0.1) is 5.56 Å². The minimum Gasteiger partial charge on any atom is -0.462 e. The van der Waals surface area contributed by atoms with Gasteiger partial charge in [0.15, 0.2) is 0 Å². The number of alkyl halides is 3. The first-order valence-electron chi connectivity index (χ1n) is 8.42. The number of nitrogens with one attached hydrogen (secondary N) is 1. The van der Waals surface area contributed by atoms with E-state index in [2.05, 4.69) is 10.1 Å². The molecule has 1 saturated heterocycles. The van der Waals surface area contributed by atoms with E-state index in [1.807, 2.05) is 34.6 Å². The van der Waals surface area contributed by atoms with Crippen LogP contribution in [0.3, 0.4) is 0 Å². The fraction of sp³-hybridized carbons (Fsp3) is 0.611. The maximum atomic E-state index is 13.1. The number of ether oxygens (including phenoxy) is 1. The molecule has 0 spiro atoms. The second kappa shape index (κ2) is 8.62. The van der Waals surface area contributed by atoms with E-state index in [9.17, 15) is 18.0 Å². The van der Waals surface area contributed by atoms with Crippen LogP contribution >= 0.6 is 0 Å². The SMILES string of the molecule is CC(C)(C)OC=O.C[C@@H]1CN(c2ccc(N)cc2C(F)(F)F)C[C@H](C)N1. The molecule has 26 heavy (non-hydrogen) atoms. The van der Waals surface area contributed by atoms with Gasteiger partial charge in [0.2, 0.25) is 0 Å². The molecule has 148 valence electrons. The van der Waals surface area contributed by atoms with Crippen molar-refractivity contribution in [3.05, 3.63) is 23.8 Å². The second-order valence-corrected chi connectivity index (χ2v) is 7.47. The highest BCUT2D eigenvalue weighted by Gasteiger charge is 2.36. The summed E-state index contributed by atoms with van der Waals surface area (Å²) >= 11 is 0. The molecule has 1 heterocycles. The molecule has 1 fully saturated rings. The molecule has 0 saturated carbocycles. The van der Waals surface area contributed by atoms with Crippen LogP contribution in [0.4, 0.5) is 24.5 Å². The highest BCUT2D eigenvalue weighted by Crippen LogP contribution is 2.38. The molecule has 0 unspecified atom stereocenters. The third-order valence-corrected chi connectivity index (χ3v) is 3.63. The molecular weight excluding hydrogens is 347 g/mol. The van der Waals surface area contributed by atoms with Crippen LogP contribution in [0.2, 0.25) is 0 Å². The number of nitrogens with two attached hydrogens (primary N) is 1. The summed E-state index contributed by atoms with van der Waals surface area (Å²) in [7, 11) is 0. The van der Waals surface area contributed by atoms with E-state index < -0.39 is 11.7 Å².